The highest BCUT2D eigenvalue weighted by Crippen LogP contribution is 2.28. The van der Waals surface area contributed by atoms with Crippen LogP contribution in [-0.2, 0) is 4.79 Å². The summed E-state index contributed by atoms with van der Waals surface area (Å²) in [6.07, 6.45) is 1.22. The molecule has 0 spiro atoms. The van der Waals surface area contributed by atoms with Gasteiger partial charge in [-0.1, -0.05) is 13.8 Å². The molecule has 1 unspecified atom stereocenters. The quantitative estimate of drug-likeness (QED) is 0.695. The summed E-state index contributed by atoms with van der Waals surface area (Å²) in [6.45, 7) is 5.24. The van der Waals surface area contributed by atoms with Crippen molar-refractivity contribution in [2.75, 3.05) is 6.54 Å². The molecule has 0 aromatic heterocycles. The molecule has 4 heteroatoms. The number of carbonyl (C=O) groups is 1. The van der Waals surface area contributed by atoms with Crippen LogP contribution < -0.4 is 5.32 Å². The van der Waals surface area contributed by atoms with Crippen molar-refractivity contribution in [1.82, 2.24) is 5.32 Å². The summed E-state index contributed by atoms with van der Waals surface area (Å²) < 4.78 is 0. The molecule has 2 N–H and O–H groups in total. The van der Waals surface area contributed by atoms with Crippen molar-refractivity contribution in [2.45, 2.75) is 32.7 Å². The molecule has 3 nitrogen and oxygen atoms in total. The zero-order valence-electron chi connectivity index (χ0n) is 7.46. The first-order valence-corrected chi connectivity index (χ1v) is 3.95. The molecule has 1 fully saturated rings. The lowest BCUT2D eigenvalue weighted by Crippen LogP contribution is -2.24. The van der Waals surface area contributed by atoms with E-state index in [-0.39, 0.29) is 30.3 Å². The number of halogens is 1. The zero-order valence-corrected chi connectivity index (χ0v) is 8.28. The van der Waals surface area contributed by atoms with E-state index in [0.717, 1.165) is 13.0 Å². The monoisotopic (exact) mass is 193 g/mol. The highest BCUT2D eigenvalue weighted by molar-refractivity contribution is 5.85. The fourth-order valence-electron chi connectivity index (χ4n) is 1.59. The molecule has 1 aliphatic rings. The van der Waals surface area contributed by atoms with Crippen molar-refractivity contribution in [3.8, 4) is 0 Å². The molecule has 1 rings (SSSR count). The second-order valence-corrected chi connectivity index (χ2v) is 4.04. The van der Waals surface area contributed by atoms with Gasteiger partial charge in [0.2, 0.25) is 0 Å². The molecule has 12 heavy (non-hydrogen) atoms. The van der Waals surface area contributed by atoms with E-state index in [4.69, 9.17) is 5.11 Å². The number of rotatable bonds is 2. The van der Waals surface area contributed by atoms with Gasteiger partial charge < -0.3 is 10.4 Å². The number of aliphatic carboxylic acids is 1. The van der Waals surface area contributed by atoms with Crippen molar-refractivity contribution in [3.63, 3.8) is 0 Å². The summed E-state index contributed by atoms with van der Waals surface area (Å²) in [6, 6.07) is 0.183. The van der Waals surface area contributed by atoms with E-state index in [1.807, 2.05) is 0 Å². The first-order valence-electron chi connectivity index (χ1n) is 3.95. The van der Waals surface area contributed by atoms with Crippen LogP contribution in [0, 0.1) is 5.41 Å². The third kappa shape index (κ3) is 3.41. The lowest BCUT2D eigenvalue weighted by molar-refractivity contribution is -0.137. The summed E-state index contributed by atoms with van der Waals surface area (Å²) in [5.74, 6) is -0.708. The molecule has 0 aliphatic carbocycles. The Hall–Kier alpha value is -0.280. The van der Waals surface area contributed by atoms with E-state index in [2.05, 4.69) is 19.2 Å². The average Bonchev–Trinajstić information content (AvgIpc) is 2.08. The minimum absolute atomic E-state index is 0. The van der Waals surface area contributed by atoms with Gasteiger partial charge in [0.1, 0.15) is 0 Å². The number of hydrogen-bond donors (Lipinski definition) is 2. The predicted octanol–water partition coefficient (Wildman–Crippen LogP) is 1.27. The maximum atomic E-state index is 10.3. The van der Waals surface area contributed by atoms with Crippen molar-refractivity contribution in [1.29, 1.82) is 0 Å². The summed E-state index contributed by atoms with van der Waals surface area (Å²) in [5, 5.41) is 11.7. The maximum absolute atomic E-state index is 10.3. The molecule has 1 atom stereocenters. The number of hydrogen-bond acceptors (Lipinski definition) is 2. The Morgan fingerprint density at radius 3 is 2.58 bits per heavy atom. The number of carboxylic acid groups (broad SMARTS) is 1. The Morgan fingerprint density at radius 1 is 1.67 bits per heavy atom. The summed E-state index contributed by atoms with van der Waals surface area (Å²) in [4.78, 5) is 10.3. The topological polar surface area (TPSA) is 49.3 Å². The Kier molecular flexibility index (Phi) is 4.00. The molecule has 0 aromatic rings. The van der Waals surface area contributed by atoms with Gasteiger partial charge in [-0.05, 0) is 11.8 Å². The highest BCUT2D eigenvalue weighted by atomic mass is 35.5. The Bertz CT molecular complexity index is 170. The van der Waals surface area contributed by atoms with Gasteiger partial charge in [-0.25, -0.2) is 0 Å². The molecule has 0 aromatic carbocycles. The van der Waals surface area contributed by atoms with E-state index in [9.17, 15) is 4.79 Å². The lowest BCUT2D eigenvalue weighted by Gasteiger charge is -2.14. The van der Waals surface area contributed by atoms with Crippen LogP contribution >= 0.6 is 12.4 Å². The van der Waals surface area contributed by atoms with Crippen LogP contribution in [0.5, 0.6) is 0 Å². The summed E-state index contributed by atoms with van der Waals surface area (Å²) in [5.41, 5.74) is 0.278. The fraction of sp³-hybridized carbons (Fsp3) is 0.875. The van der Waals surface area contributed by atoms with Gasteiger partial charge in [-0.2, -0.15) is 0 Å². The molecular weight excluding hydrogens is 178 g/mol. The number of nitrogens with one attached hydrogen (secondary N) is 1. The van der Waals surface area contributed by atoms with Gasteiger partial charge in [-0.15, -0.1) is 12.4 Å². The van der Waals surface area contributed by atoms with Crippen LogP contribution in [0.1, 0.15) is 26.7 Å². The van der Waals surface area contributed by atoms with Gasteiger partial charge >= 0.3 is 5.97 Å². The molecule has 0 bridgehead atoms. The van der Waals surface area contributed by atoms with Crippen molar-refractivity contribution in [3.05, 3.63) is 0 Å². The lowest BCUT2D eigenvalue weighted by atomic mass is 9.90. The van der Waals surface area contributed by atoms with E-state index < -0.39 is 5.97 Å². The first kappa shape index (κ1) is 11.7. The molecule has 0 radical (unpaired) electrons. The SMILES string of the molecule is CC1(C)CNC(CC(=O)O)C1.Cl. The van der Waals surface area contributed by atoms with Gasteiger partial charge in [0.05, 0.1) is 6.42 Å². The van der Waals surface area contributed by atoms with Crippen LogP contribution in [0.3, 0.4) is 0 Å². The summed E-state index contributed by atoms with van der Waals surface area (Å²) in [7, 11) is 0. The molecule has 1 saturated heterocycles. The van der Waals surface area contributed by atoms with E-state index in [1.54, 1.807) is 0 Å². The van der Waals surface area contributed by atoms with Crippen LogP contribution in [-0.4, -0.2) is 23.7 Å². The van der Waals surface area contributed by atoms with Gasteiger partial charge in [0.25, 0.3) is 0 Å². The second-order valence-electron chi connectivity index (χ2n) is 4.04. The molecule has 0 saturated carbocycles. The van der Waals surface area contributed by atoms with Gasteiger partial charge in [-0.3, -0.25) is 4.79 Å². The van der Waals surface area contributed by atoms with E-state index >= 15 is 0 Å². The third-order valence-electron chi connectivity index (χ3n) is 2.09. The van der Waals surface area contributed by atoms with Crippen LogP contribution in [0.2, 0.25) is 0 Å². The van der Waals surface area contributed by atoms with Crippen LogP contribution in [0.4, 0.5) is 0 Å². The smallest absolute Gasteiger partial charge is 0.304 e. The van der Waals surface area contributed by atoms with Crippen molar-refractivity contribution >= 4 is 18.4 Å². The molecule has 1 heterocycles. The largest absolute Gasteiger partial charge is 0.481 e. The van der Waals surface area contributed by atoms with Gasteiger partial charge in [0, 0.05) is 12.6 Å². The van der Waals surface area contributed by atoms with Crippen molar-refractivity contribution < 1.29 is 9.90 Å². The molecule has 1 aliphatic heterocycles. The Balaban J connectivity index is 0.00000121. The Morgan fingerprint density at radius 2 is 2.25 bits per heavy atom. The minimum atomic E-state index is -0.708. The molecule has 72 valence electrons. The molecule has 0 amide bonds. The van der Waals surface area contributed by atoms with Gasteiger partial charge in [0.15, 0.2) is 0 Å². The third-order valence-corrected chi connectivity index (χ3v) is 2.09. The normalized spacial score (nSPS) is 26.3. The second kappa shape index (κ2) is 4.10. The van der Waals surface area contributed by atoms with E-state index in [1.165, 1.54) is 0 Å². The minimum Gasteiger partial charge on any atom is -0.481 e. The standard InChI is InChI=1S/C8H15NO2.ClH/c1-8(2)4-6(9-5-8)3-7(10)11;/h6,9H,3-5H2,1-2H3,(H,10,11);1H. The average molecular weight is 194 g/mol. The van der Waals surface area contributed by atoms with Crippen LogP contribution in [0.15, 0.2) is 0 Å². The van der Waals surface area contributed by atoms with Crippen molar-refractivity contribution in [2.24, 2.45) is 5.41 Å². The van der Waals surface area contributed by atoms with E-state index in [0.29, 0.717) is 0 Å². The predicted molar refractivity (Wildman–Crippen MR) is 49.7 cm³/mol. The highest BCUT2D eigenvalue weighted by Gasteiger charge is 2.31. The maximum Gasteiger partial charge on any atom is 0.304 e. The summed E-state index contributed by atoms with van der Waals surface area (Å²) >= 11 is 0. The molecular formula is C8H16ClNO2. The Labute approximate surface area is 78.9 Å². The van der Waals surface area contributed by atoms with Crippen LogP contribution in [0.25, 0.3) is 0 Å². The fourth-order valence-corrected chi connectivity index (χ4v) is 1.59. The first-order chi connectivity index (χ1) is 4.99. The number of carboxylic acids is 1. The zero-order chi connectivity index (χ0) is 8.48.